The van der Waals surface area contributed by atoms with Crippen LogP contribution in [0.1, 0.15) is 52.7 Å². The largest absolute Gasteiger partial charge is 0.338 e. The second kappa shape index (κ2) is 7.19. The summed E-state index contributed by atoms with van der Waals surface area (Å²) in [5.41, 5.74) is 5.30. The first-order valence-corrected chi connectivity index (χ1v) is 11.0. The summed E-state index contributed by atoms with van der Waals surface area (Å²) in [6, 6.07) is 12.2. The molecule has 0 aliphatic heterocycles. The van der Waals surface area contributed by atoms with E-state index in [0.29, 0.717) is 6.04 Å². The Morgan fingerprint density at radius 3 is 2.69 bits per heavy atom. The third-order valence-corrected chi connectivity index (χ3v) is 6.92. The number of nitrogens with one attached hydrogen (secondary N) is 2. The molecule has 5 nitrogen and oxygen atoms in total. The summed E-state index contributed by atoms with van der Waals surface area (Å²) in [6.07, 6.45) is 4.77. The van der Waals surface area contributed by atoms with Gasteiger partial charge in [-0.2, -0.15) is 0 Å². The van der Waals surface area contributed by atoms with Crippen molar-refractivity contribution in [2.75, 3.05) is 5.32 Å². The van der Waals surface area contributed by atoms with Crippen molar-refractivity contribution in [3.8, 4) is 11.4 Å². The van der Waals surface area contributed by atoms with Crippen molar-refractivity contribution in [2.24, 2.45) is 0 Å². The number of anilines is 1. The van der Waals surface area contributed by atoms with Crippen LogP contribution in [0.25, 0.3) is 22.4 Å². The van der Waals surface area contributed by atoms with Gasteiger partial charge >= 0.3 is 0 Å². The predicted octanol–water partition coefficient (Wildman–Crippen LogP) is 6.08. The molecule has 0 spiro atoms. The Morgan fingerprint density at radius 2 is 1.97 bits per heavy atom. The number of thiophene rings is 1. The Bertz CT molecular complexity index is 1150. The van der Waals surface area contributed by atoms with E-state index in [-0.39, 0.29) is 5.91 Å². The Morgan fingerprint density at radius 1 is 1.17 bits per heavy atom. The van der Waals surface area contributed by atoms with Crippen molar-refractivity contribution in [1.29, 1.82) is 0 Å². The van der Waals surface area contributed by atoms with Crippen LogP contribution in [0.5, 0.6) is 0 Å². The first-order chi connectivity index (χ1) is 14.1. The fraction of sp³-hybridized carbons (Fsp3) is 0.304. The van der Waals surface area contributed by atoms with Crippen molar-refractivity contribution in [3.63, 3.8) is 0 Å². The maximum atomic E-state index is 13.0. The van der Waals surface area contributed by atoms with Crippen LogP contribution in [0.3, 0.4) is 0 Å². The van der Waals surface area contributed by atoms with Gasteiger partial charge in [-0.15, -0.1) is 11.3 Å². The standard InChI is InChI=1S/C23H24N4OS/c1-14-15(2)27(16-8-3-4-9-16)22(26-23(28)19-12-7-13-29-19)20(14)21-24-17-10-5-6-11-18(17)25-21/h5-7,10-13,16H,3-4,8-9H2,1-2H3,(H,24,25)(H,26,28). The molecule has 3 aromatic heterocycles. The minimum atomic E-state index is -0.0610. The van der Waals surface area contributed by atoms with E-state index in [1.807, 2.05) is 41.8 Å². The molecule has 3 heterocycles. The molecule has 2 N–H and O–H groups in total. The third-order valence-electron chi connectivity index (χ3n) is 6.05. The molecule has 1 aliphatic rings. The zero-order chi connectivity index (χ0) is 20.0. The van der Waals surface area contributed by atoms with Crippen molar-refractivity contribution in [1.82, 2.24) is 14.5 Å². The van der Waals surface area contributed by atoms with Gasteiger partial charge in [-0.3, -0.25) is 4.79 Å². The van der Waals surface area contributed by atoms with Gasteiger partial charge in [0.1, 0.15) is 11.6 Å². The molecule has 29 heavy (non-hydrogen) atoms. The Balaban J connectivity index is 1.68. The van der Waals surface area contributed by atoms with Gasteiger partial charge in [-0.05, 0) is 55.8 Å². The molecule has 1 fully saturated rings. The van der Waals surface area contributed by atoms with E-state index in [9.17, 15) is 4.79 Å². The third kappa shape index (κ3) is 3.08. The van der Waals surface area contributed by atoms with Gasteiger partial charge in [0.2, 0.25) is 0 Å². The van der Waals surface area contributed by atoms with Gasteiger partial charge in [0.05, 0.1) is 21.5 Å². The molecule has 1 saturated carbocycles. The van der Waals surface area contributed by atoms with E-state index in [4.69, 9.17) is 4.98 Å². The lowest BCUT2D eigenvalue weighted by Crippen LogP contribution is -2.17. The number of hydrogen-bond acceptors (Lipinski definition) is 3. The maximum absolute atomic E-state index is 13.0. The second-order valence-electron chi connectivity index (χ2n) is 7.78. The lowest BCUT2D eigenvalue weighted by Gasteiger charge is -2.19. The van der Waals surface area contributed by atoms with Crippen molar-refractivity contribution >= 4 is 34.1 Å². The van der Waals surface area contributed by atoms with Crippen LogP contribution >= 0.6 is 11.3 Å². The molecule has 0 atom stereocenters. The topological polar surface area (TPSA) is 62.7 Å². The minimum Gasteiger partial charge on any atom is -0.338 e. The quantitative estimate of drug-likeness (QED) is 0.433. The second-order valence-corrected chi connectivity index (χ2v) is 8.72. The van der Waals surface area contributed by atoms with Crippen LogP contribution in [0.4, 0.5) is 5.82 Å². The number of carbonyl (C=O) groups excluding carboxylic acids is 1. The number of fused-ring (bicyclic) bond motifs is 1. The fourth-order valence-electron chi connectivity index (χ4n) is 4.51. The van der Waals surface area contributed by atoms with Crippen LogP contribution in [0.2, 0.25) is 0 Å². The van der Waals surface area contributed by atoms with E-state index in [2.05, 4.69) is 28.7 Å². The first kappa shape index (κ1) is 18.2. The molecule has 148 valence electrons. The summed E-state index contributed by atoms with van der Waals surface area (Å²) in [5, 5.41) is 5.17. The van der Waals surface area contributed by atoms with Crippen LogP contribution in [-0.2, 0) is 0 Å². The summed E-state index contributed by atoms with van der Waals surface area (Å²) in [6.45, 7) is 4.28. The zero-order valence-corrected chi connectivity index (χ0v) is 17.5. The number of aromatic nitrogens is 3. The molecule has 0 radical (unpaired) electrons. The average molecular weight is 405 g/mol. The molecular weight excluding hydrogens is 380 g/mol. The number of rotatable bonds is 4. The molecule has 5 rings (SSSR count). The molecular formula is C23H24N4OS. The Kier molecular flexibility index (Phi) is 4.51. The summed E-state index contributed by atoms with van der Waals surface area (Å²) in [4.78, 5) is 22.0. The number of H-pyrrole nitrogens is 1. The highest BCUT2D eigenvalue weighted by molar-refractivity contribution is 7.12. The molecule has 1 aliphatic carbocycles. The monoisotopic (exact) mass is 404 g/mol. The van der Waals surface area contributed by atoms with Gasteiger partial charge in [-0.25, -0.2) is 4.98 Å². The number of benzene rings is 1. The number of aromatic amines is 1. The Hall–Kier alpha value is -2.86. The van der Waals surface area contributed by atoms with Crippen LogP contribution in [-0.4, -0.2) is 20.4 Å². The van der Waals surface area contributed by atoms with Crippen LogP contribution in [0.15, 0.2) is 41.8 Å². The normalized spacial score (nSPS) is 14.7. The summed E-state index contributed by atoms with van der Waals surface area (Å²) in [5.74, 6) is 1.61. The number of hydrogen-bond donors (Lipinski definition) is 2. The number of amides is 1. The Labute approximate surface area is 173 Å². The van der Waals surface area contributed by atoms with E-state index in [1.54, 1.807) is 0 Å². The molecule has 0 saturated heterocycles. The highest BCUT2D eigenvalue weighted by Crippen LogP contribution is 2.42. The maximum Gasteiger partial charge on any atom is 0.266 e. The highest BCUT2D eigenvalue weighted by atomic mass is 32.1. The smallest absolute Gasteiger partial charge is 0.266 e. The van der Waals surface area contributed by atoms with Gasteiger partial charge in [0, 0.05) is 11.7 Å². The number of imidazole rings is 1. The van der Waals surface area contributed by atoms with E-state index >= 15 is 0 Å². The number of nitrogens with zero attached hydrogens (tertiary/aromatic N) is 2. The molecule has 1 aromatic carbocycles. The van der Waals surface area contributed by atoms with Crippen LogP contribution < -0.4 is 5.32 Å². The number of para-hydroxylation sites is 2. The average Bonchev–Trinajstić information content (AvgIpc) is 3.50. The van der Waals surface area contributed by atoms with Gasteiger partial charge < -0.3 is 14.9 Å². The molecule has 1 amide bonds. The predicted molar refractivity (Wildman–Crippen MR) is 119 cm³/mol. The molecule has 4 aromatic rings. The summed E-state index contributed by atoms with van der Waals surface area (Å²) >= 11 is 1.46. The first-order valence-electron chi connectivity index (χ1n) is 10.1. The number of carbonyl (C=O) groups is 1. The SMILES string of the molecule is Cc1c(-c2nc3ccccc3[nH]2)c(NC(=O)c2cccs2)n(C2CCCC2)c1C. The van der Waals surface area contributed by atoms with E-state index < -0.39 is 0 Å². The van der Waals surface area contributed by atoms with Gasteiger partial charge in [-0.1, -0.05) is 31.0 Å². The lowest BCUT2D eigenvalue weighted by molar-refractivity contribution is 0.102. The van der Waals surface area contributed by atoms with Crippen molar-refractivity contribution in [2.45, 2.75) is 45.6 Å². The van der Waals surface area contributed by atoms with E-state index in [1.165, 1.54) is 29.9 Å². The molecule has 0 bridgehead atoms. The molecule has 0 unspecified atom stereocenters. The van der Waals surface area contributed by atoms with Crippen molar-refractivity contribution in [3.05, 3.63) is 57.9 Å². The highest BCUT2D eigenvalue weighted by Gasteiger charge is 2.28. The summed E-state index contributed by atoms with van der Waals surface area (Å²) in [7, 11) is 0. The molecule has 6 heteroatoms. The van der Waals surface area contributed by atoms with Crippen molar-refractivity contribution < 1.29 is 4.79 Å². The fourth-order valence-corrected chi connectivity index (χ4v) is 5.13. The minimum absolute atomic E-state index is 0.0610. The summed E-state index contributed by atoms with van der Waals surface area (Å²) < 4.78 is 2.34. The lowest BCUT2D eigenvalue weighted by atomic mass is 10.1. The van der Waals surface area contributed by atoms with E-state index in [0.717, 1.165) is 51.5 Å². The van der Waals surface area contributed by atoms with Crippen LogP contribution in [0, 0.1) is 13.8 Å². The van der Waals surface area contributed by atoms with Gasteiger partial charge in [0.15, 0.2) is 0 Å². The van der Waals surface area contributed by atoms with Gasteiger partial charge in [0.25, 0.3) is 5.91 Å². The zero-order valence-electron chi connectivity index (χ0n) is 16.7.